The topological polar surface area (TPSA) is 98.0 Å². The molecular weight excluding hydrogens is 314 g/mol. The van der Waals surface area contributed by atoms with E-state index >= 15 is 0 Å². The van der Waals surface area contributed by atoms with Crippen molar-refractivity contribution in [3.05, 3.63) is 54.0 Å². The van der Waals surface area contributed by atoms with Gasteiger partial charge in [0.1, 0.15) is 18.4 Å². The Balaban J connectivity index is 1.99. The van der Waals surface area contributed by atoms with Gasteiger partial charge in [-0.3, -0.25) is 4.79 Å². The molecule has 0 aliphatic carbocycles. The Bertz CT molecular complexity index is 667. The fourth-order valence-corrected chi connectivity index (χ4v) is 2.04. The average molecular weight is 333 g/mol. The van der Waals surface area contributed by atoms with E-state index in [-0.39, 0.29) is 25.4 Å². The van der Waals surface area contributed by atoms with E-state index in [4.69, 9.17) is 19.0 Å². The van der Waals surface area contributed by atoms with Crippen LogP contribution in [-0.2, 0) is 16.1 Å². The molecule has 1 atom stereocenters. The Hall–Kier alpha value is -2.80. The Morgan fingerprint density at radius 3 is 2.67 bits per heavy atom. The highest BCUT2D eigenvalue weighted by molar-refractivity contribution is 5.95. The maximum atomic E-state index is 12.3. The second-order valence-electron chi connectivity index (χ2n) is 5.02. The zero-order chi connectivity index (χ0) is 17.4. The minimum absolute atomic E-state index is 0.0367. The number of hydrogen-bond acceptors (Lipinski definition) is 5. The average Bonchev–Trinajstić information content (AvgIpc) is 3.06. The van der Waals surface area contributed by atoms with Gasteiger partial charge in [0.2, 0.25) is 0 Å². The van der Waals surface area contributed by atoms with Crippen LogP contribution >= 0.6 is 0 Å². The summed E-state index contributed by atoms with van der Waals surface area (Å²) in [6, 6.07) is 9.71. The molecule has 128 valence electrons. The fourth-order valence-electron chi connectivity index (χ4n) is 2.04. The van der Waals surface area contributed by atoms with Gasteiger partial charge in [0, 0.05) is 25.7 Å². The van der Waals surface area contributed by atoms with Crippen LogP contribution in [0.3, 0.4) is 0 Å². The summed E-state index contributed by atoms with van der Waals surface area (Å²) in [7, 11) is 1.46. The summed E-state index contributed by atoms with van der Waals surface area (Å²) in [5.41, 5.74) is 0.534. The van der Waals surface area contributed by atoms with Crippen molar-refractivity contribution in [3.63, 3.8) is 0 Å². The number of ether oxygens (including phenoxy) is 2. The summed E-state index contributed by atoms with van der Waals surface area (Å²) in [6.07, 6.45) is 1.53. The van der Waals surface area contributed by atoms with Crippen LogP contribution in [0, 0.1) is 0 Å². The van der Waals surface area contributed by atoms with Crippen LogP contribution in [0.15, 0.2) is 47.1 Å². The minimum Gasteiger partial charge on any atom is -0.489 e. The van der Waals surface area contributed by atoms with Gasteiger partial charge in [-0.15, -0.1) is 0 Å². The van der Waals surface area contributed by atoms with E-state index in [0.717, 1.165) is 0 Å². The first-order valence-corrected chi connectivity index (χ1v) is 7.38. The highest BCUT2D eigenvalue weighted by Gasteiger charge is 2.23. The number of carboxylic acids is 1. The van der Waals surface area contributed by atoms with Crippen molar-refractivity contribution >= 4 is 11.9 Å². The molecule has 1 unspecified atom stereocenters. The Labute approximate surface area is 139 Å². The van der Waals surface area contributed by atoms with E-state index < -0.39 is 17.9 Å². The van der Waals surface area contributed by atoms with Crippen molar-refractivity contribution in [1.82, 2.24) is 5.32 Å². The number of carbonyl (C=O) groups excluding carboxylic acids is 1. The summed E-state index contributed by atoms with van der Waals surface area (Å²) in [6.45, 7) is 0.360. The molecule has 0 bridgehead atoms. The van der Waals surface area contributed by atoms with Gasteiger partial charge in [-0.25, -0.2) is 4.79 Å². The van der Waals surface area contributed by atoms with Crippen LogP contribution in [0.25, 0.3) is 0 Å². The minimum atomic E-state index is -1.13. The van der Waals surface area contributed by atoms with E-state index in [0.29, 0.717) is 11.3 Å². The monoisotopic (exact) mass is 333 g/mol. The second-order valence-corrected chi connectivity index (χ2v) is 5.02. The first-order chi connectivity index (χ1) is 11.6. The predicted molar refractivity (Wildman–Crippen MR) is 84.9 cm³/mol. The standard InChI is InChI=1S/C17H19NO6/c1-22-9-8-14(17(20)21)18-16(19)15-12(7-10-23-15)11-24-13-5-3-2-4-6-13/h2-7,10,14H,8-9,11H2,1H3,(H,18,19)(H,20,21). The van der Waals surface area contributed by atoms with Crippen molar-refractivity contribution in [2.24, 2.45) is 0 Å². The first-order valence-electron chi connectivity index (χ1n) is 7.38. The second kappa shape index (κ2) is 8.73. The Morgan fingerprint density at radius 1 is 1.25 bits per heavy atom. The number of amides is 1. The first kappa shape index (κ1) is 17.6. The molecular formula is C17H19NO6. The molecule has 0 fully saturated rings. The molecule has 24 heavy (non-hydrogen) atoms. The molecule has 2 N–H and O–H groups in total. The summed E-state index contributed by atoms with van der Waals surface area (Å²) in [5, 5.41) is 11.6. The highest BCUT2D eigenvalue weighted by Crippen LogP contribution is 2.16. The van der Waals surface area contributed by atoms with Crippen LogP contribution in [0.1, 0.15) is 22.5 Å². The zero-order valence-corrected chi connectivity index (χ0v) is 13.2. The molecule has 0 saturated heterocycles. The zero-order valence-electron chi connectivity index (χ0n) is 13.2. The van der Waals surface area contributed by atoms with Crippen LogP contribution < -0.4 is 10.1 Å². The third-order valence-electron chi connectivity index (χ3n) is 3.30. The van der Waals surface area contributed by atoms with Crippen molar-refractivity contribution in [2.45, 2.75) is 19.1 Å². The van der Waals surface area contributed by atoms with Crippen molar-refractivity contribution in [3.8, 4) is 5.75 Å². The van der Waals surface area contributed by atoms with Gasteiger partial charge >= 0.3 is 5.97 Å². The van der Waals surface area contributed by atoms with Crippen molar-refractivity contribution < 1.29 is 28.6 Å². The number of furan rings is 1. The number of nitrogens with one attached hydrogen (secondary N) is 1. The van der Waals surface area contributed by atoms with E-state index in [2.05, 4.69) is 5.32 Å². The third kappa shape index (κ3) is 4.85. The molecule has 1 aromatic heterocycles. The lowest BCUT2D eigenvalue weighted by molar-refractivity contribution is -0.139. The lowest BCUT2D eigenvalue weighted by atomic mass is 10.2. The van der Waals surface area contributed by atoms with E-state index in [1.807, 2.05) is 18.2 Å². The van der Waals surface area contributed by atoms with E-state index in [9.17, 15) is 9.59 Å². The normalized spacial score (nSPS) is 11.7. The van der Waals surface area contributed by atoms with Gasteiger partial charge in [-0.1, -0.05) is 18.2 Å². The van der Waals surface area contributed by atoms with Gasteiger partial charge in [0.15, 0.2) is 5.76 Å². The molecule has 7 nitrogen and oxygen atoms in total. The molecule has 2 rings (SSSR count). The molecule has 0 radical (unpaired) electrons. The third-order valence-corrected chi connectivity index (χ3v) is 3.30. The van der Waals surface area contributed by atoms with Gasteiger partial charge in [0.25, 0.3) is 5.91 Å². The number of aliphatic carboxylic acids is 1. The Kier molecular flexibility index (Phi) is 6.39. The molecule has 0 aliphatic rings. The number of carboxylic acid groups (broad SMARTS) is 1. The highest BCUT2D eigenvalue weighted by atomic mass is 16.5. The van der Waals surface area contributed by atoms with Gasteiger partial charge in [0.05, 0.1) is 6.26 Å². The van der Waals surface area contributed by atoms with Crippen LogP contribution in [-0.4, -0.2) is 36.7 Å². The summed E-state index contributed by atoms with van der Waals surface area (Å²) < 4.78 is 15.6. The van der Waals surface area contributed by atoms with Crippen LogP contribution in [0.4, 0.5) is 0 Å². The van der Waals surface area contributed by atoms with Gasteiger partial charge in [-0.05, 0) is 18.2 Å². The lowest BCUT2D eigenvalue weighted by Crippen LogP contribution is -2.41. The number of methoxy groups -OCH3 is 1. The molecule has 1 aromatic carbocycles. The van der Waals surface area contributed by atoms with E-state index in [1.54, 1.807) is 18.2 Å². The molecule has 0 spiro atoms. The summed E-state index contributed by atoms with van der Waals surface area (Å²) >= 11 is 0. The summed E-state index contributed by atoms with van der Waals surface area (Å²) in [4.78, 5) is 23.4. The molecule has 7 heteroatoms. The van der Waals surface area contributed by atoms with E-state index in [1.165, 1.54) is 13.4 Å². The number of carbonyl (C=O) groups is 2. The smallest absolute Gasteiger partial charge is 0.326 e. The molecule has 0 aliphatic heterocycles. The number of hydrogen-bond donors (Lipinski definition) is 2. The summed E-state index contributed by atoms with van der Waals surface area (Å²) in [5.74, 6) is -1.03. The molecule has 1 heterocycles. The Morgan fingerprint density at radius 2 is 2.00 bits per heavy atom. The molecule has 0 saturated carbocycles. The van der Waals surface area contributed by atoms with Crippen molar-refractivity contribution in [1.29, 1.82) is 0 Å². The lowest BCUT2D eigenvalue weighted by Gasteiger charge is -2.13. The van der Waals surface area contributed by atoms with Gasteiger partial charge < -0.3 is 24.3 Å². The quantitative estimate of drug-likeness (QED) is 0.729. The number of benzene rings is 1. The maximum absolute atomic E-state index is 12.3. The maximum Gasteiger partial charge on any atom is 0.326 e. The number of para-hydroxylation sites is 1. The fraction of sp³-hybridized carbons (Fsp3) is 0.294. The molecule has 2 aromatic rings. The van der Waals surface area contributed by atoms with Crippen molar-refractivity contribution in [2.75, 3.05) is 13.7 Å². The number of rotatable bonds is 9. The van der Waals surface area contributed by atoms with Crippen LogP contribution in [0.5, 0.6) is 5.75 Å². The van der Waals surface area contributed by atoms with Crippen LogP contribution in [0.2, 0.25) is 0 Å². The SMILES string of the molecule is COCCC(NC(=O)c1occc1COc1ccccc1)C(=O)O. The molecule has 1 amide bonds. The largest absolute Gasteiger partial charge is 0.489 e. The van der Waals surface area contributed by atoms with Gasteiger partial charge in [-0.2, -0.15) is 0 Å². The predicted octanol–water partition coefficient (Wildman–Crippen LogP) is 2.08.